The number of Topliss-reactive ketones (excluding diaryl/α,β-unsaturated/α-hetero) is 1. The predicted octanol–water partition coefficient (Wildman–Crippen LogP) is 2.05. The Morgan fingerprint density at radius 2 is 2.21 bits per heavy atom. The molecule has 76 valence electrons. The average Bonchev–Trinajstić information content (AvgIpc) is 2.17. The SMILES string of the molecule is Cc1cccc([C@@H](C)CC(=O)CO)c1. The molecule has 0 heterocycles. The molecule has 1 aromatic rings. The minimum absolute atomic E-state index is 0.0981. The van der Waals surface area contributed by atoms with Crippen molar-refractivity contribution in [3.63, 3.8) is 0 Å². The van der Waals surface area contributed by atoms with Gasteiger partial charge in [0.25, 0.3) is 0 Å². The molecule has 0 fully saturated rings. The molecule has 1 rings (SSSR count). The molecular formula is C12H16O2. The molecule has 0 aliphatic carbocycles. The first-order valence-electron chi connectivity index (χ1n) is 4.82. The van der Waals surface area contributed by atoms with Gasteiger partial charge in [-0.25, -0.2) is 0 Å². The third-order valence-electron chi connectivity index (χ3n) is 2.32. The van der Waals surface area contributed by atoms with Crippen LogP contribution in [0.5, 0.6) is 0 Å². The summed E-state index contributed by atoms with van der Waals surface area (Å²) < 4.78 is 0. The van der Waals surface area contributed by atoms with Gasteiger partial charge in [0, 0.05) is 6.42 Å². The van der Waals surface area contributed by atoms with E-state index in [2.05, 4.69) is 6.07 Å². The van der Waals surface area contributed by atoms with Crippen LogP contribution in [0.25, 0.3) is 0 Å². The van der Waals surface area contributed by atoms with Crippen molar-refractivity contribution in [2.24, 2.45) is 0 Å². The van der Waals surface area contributed by atoms with Crippen LogP contribution in [0.4, 0.5) is 0 Å². The van der Waals surface area contributed by atoms with Crippen molar-refractivity contribution >= 4 is 5.78 Å². The Hall–Kier alpha value is -1.15. The summed E-state index contributed by atoms with van der Waals surface area (Å²) in [6.07, 6.45) is 0.417. The van der Waals surface area contributed by atoms with Crippen LogP contribution in [0.3, 0.4) is 0 Å². The molecule has 0 aliphatic heterocycles. The van der Waals surface area contributed by atoms with E-state index in [0.29, 0.717) is 6.42 Å². The van der Waals surface area contributed by atoms with Crippen LogP contribution < -0.4 is 0 Å². The Kier molecular flexibility index (Phi) is 3.84. The molecule has 1 atom stereocenters. The van der Waals surface area contributed by atoms with E-state index in [1.807, 2.05) is 32.0 Å². The van der Waals surface area contributed by atoms with Crippen LogP contribution in [0.15, 0.2) is 24.3 Å². The molecule has 0 spiro atoms. The number of benzene rings is 1. The Balaban J connectivity index is 2.69. The normalized spacial score (nSPS) is 12.5. The minimum Gasteiger partial charge on any atom is -0.389 e. The van der Waals surface area contributed by atoms with E-state index in [-0.39, 0.29) is 18.3 Å². The standard InChI is InChI=1S/C12H16O2/c1-9-4-3-5-11(6-9)10(2)7-12(14)8-13/h3-6,10,13H,7-8H2,1-2H3/t10-/m0/s1. The van der Waals surface area contributed by atoms with Crippen LogP contribution in [-0.4, -0.2) is 17.5 Å². The van der Waals surface area contributed by atoms with Crippen molar-refractivity contribution in [3.05, 3.63) is 35.4 Å². The van der Waals surface area contributed by atoms with Gasteiger partial charge < -0.3 is 5.11 Å². The van der Waals surface area contributed by atoms with Crippen LogP contribution in [-0.2, 0) is 4.79 Å². The second-order valence-corrected chi connectivity index (χ2v) is 3.72. The largest absolute Gasteiger partial charge is 0.389 e. The molecule has 0 aromatic heterocycles. The fourth-order valence-corrected chi connectivity index (χ4v) is 1.50. The number of carbonyl (C=O) groups is 1. The Morgan fingerprint density at radius 1 is 1.50 bits per heavy atom. The molecule has 14 heavy (non-hydrogen) atoms. The molecule has 0 radical (unpaired) electrons. The van der Waals surface area contributed by atoms with Crippen LogP contribution in [0, 0.1) is 6.92 Å². The highest BCUT2D eigenvalue weighted by Gasteiger charge is 2.09. The number of aliphatic hydroxyl groups excluding tert-OH is 1. The van der Waals surface area contributed by atoms with Gasteiger partial charge >= 0.3 is 0 Å². The summed E-state index contributed by atoms with van der Waals surface area (Å²) in [6, 6.07) is 8.12. The van der Waals surface area contributed by atoms with Crippen molar-refractivity contribution in [2.75, 3.05) is 6.61 Å². The molecule has 0 bridgehead atoms. The van der Waals surface area contributed by atoms with Crippen LogP contribution in [0.1, 0.15) is 30.4 Å². The van der Waals surface area contributed by atoms with Crippen LogP contribution in [0.2, 0.25) is 0 Å². The topological polar surface area (TPSA) is 37.3 Å². The minimum atomic E-state index is -0.351. The predicted molar refractivity (Wildman–Crippen MR) is 56.3 cm³/mol. The summed E-state index contributed by atoms with van der Waals surface area (Å²) in [5, 5.41) is 8.64. The van der Waals surface area contributed by atoms with E-state index < -0.39 is 0 Å². The maximum atomic E-state index is 11.0. The van der Waals surface area contributed by atoms with Gasteiger partial charge in [0.1, 0.15) is 6.61 Å². The quantitative estimate of drug-likeness (QED) is 0.792. The van der Waals surface area contributed by atoms with Crippen molar-refractivity contribution in [3.8, 4) is 0 Å². The van der Waals surface area contributed by atoms with E-state index in [1.165, 1.54) is 5.56 Å². The molecule has 1 N–H and O–H groups in total. The molecular weight excluding hydrogens is 176 g/mol. The van der Waals surface area contributed by atoms with Crippen molar-refractivity contribution in [1.82, 2.24) is 0 Å². The summed E-state index contributed by atoms with van der Waals surface area (Å²) in [7, 11) is 0. The lowest BCUT2D eigenvalue weighted by molar-refractivity contribution is -0.122. The highest BCUT2D eigenvalue weighted by Crippen LogP contribution is 2.19. The number of hydrogen-bond acceptors (Lipinski definition) is 2. The molecule has 0 saturated heterocycles. The van der Waals surface area contributed by atoms with Crippen molar-refractivity contribution < 1.29 is 9.90 Å². The summed E-state index contributed by atoms with van der Waals surface area (Å²) in [6.45, 7) is 3.68. The molecule has 0 saturated carbocycles. The molecule has 0 amide bonds. The van der Waals surface area contributed by atoms with Crippen LogP contribution >= 0.6 is 0 Å². The second-order valence-electron chi connectivity index (χ2n) is 3.72. The zero-order chi connectivity index (χ0) is 10.6. The van der Waals surface area contributed by atoms with Gasteiger partial charge in [0.05, 0.1) is 0 Å². The number of carbonyl (C=O) groups excluding carboxylic acids is 1. The number of aryl methyl sites for hydroxylation is 1. The van der Waals surface area contributed by atoms with E-state index in [9.17, 15) is 4.79 Å². The summed E-state index contributed by atoms with van der Waals surface area (Å²) in [5.74, 6) is 0.0913. The van der Waals surface area contributed by atoms with Gasteiger partial charge in [-0.2, -0.15) is 0 Å². The number of rotatable bonds is 4. The van der Waals surface area contributed by atoms with Gasteiger partial charge in [-0.05, 0) is 18.4 Å². The van der Waals surface area contributed by atoms with Crippen molar-refractivity contribution in [1.29, 1.82) is 0 Å². The fourth-order valence-electron chi connectivity index (χ4n) is 1.50. The summed E-state index contributed by atoms with van der Waals surface area (Å²) in [4.78, 5) is 11.0. The first-order valence-corrected chi connectivity index (χ1v) is 4.82. The molecule has 0 aliphatic rings. The Labute approximate surface area is 84.6 Å². The lowest BCUT2D eigenvalue weighted by Crippen LogP contribution is -2.08. The van der Waals surface area contributed by atoms with Gasteiger partial charge in [-0.1, -0.05) is 36.8 Å². The molecule has 2 nitrogen and oxygen atoms in total. The maximum Gasteiger partial charge on any atom is 0.158 e. The molecule has 0 unspecified atom stereocenters. The Morgan fingerprint density at radius 3 is 2.79 bits per heavy atom. The lowest BCUT2D eigenvalue weighted by atomic mass is 9.95. The van der Waals surface area contributed by atoms with Gasteiger partial charge in [-0.15, -0.1) is 0 Å². The lowest BCUT2D eigenvalue weighted by Gasteiger charge is -2.10. The van der Waals surface area contributed by atoms with Crippen molar-refractivity contribution in [2.45, 2.75) is 26.2 Å². The highest BCUT2D eigenvalue weighted by atomic mass is 16.3. The number of aliphatic hydroxyl groups is 1. The number of ketones is 1. The van der Waals surface area contributed by atoms with Gasteiger partial charge in [0.2, 0.25) is 0 Å². The van der Waals surface area contributed by atoms with E-state index in [4.69, 9.17) is 5.11 Å². The van der Waals surface area contributed by atoms with E-state index in [0.717, 1.165) is 5.56 Å². The van der Waals surface area contributed by atoms with E-state index >= 15 is 0 Å². The Bertz CT molecular complexity index is 318. The van der Waals surface area contributed by atoms with Gasteiger partial charge in [0.15, 0.2) is 5.78 Å². The van der Waals surface area contributed by atoms with E-state index in [1.54, 1.807) is 0 Å². The third-order valence-corrected chi connectivity index (χ3v) is 2.32. The highest BCUT2D eigenvalue weighted by molar-refractivity contribution is 5.80. The van der Waals surface area contributed by atoms with Gasteiger partial charge in [-0.3, -0.25) is 4.79 Å². The molecule has 2 heteroatoms. The fraction of sp³-hybridized carbons (Fsp3) is 0.417. The third kappa shape index (κ3) is 2.96. The monoisotopic (exact) mass is 192 g/mol. The number of hydrogen-bond donors (Lipinski definition) is 1. The second kappa shape index (κ2) is 4.91. The zero-order valence-electron chi connectivity index (χ0n) is 8.66. The smallest absolute Gasteiger partial charge is 0.158 e. The zero-order valence-corrected chi connectivity index (χ0v) is 8.66. The molecule has 1 aromatic carbocycles. The average molecular weight is 192 g/mol. The summed E-state index contributed by atoms with van der Waals surface area (Å²) in [5.41, 5.74) is 2.36. The first kappa shape index (κ1) is 10.9. The first-order chi connectivity index (χ1) is 6.63. The summed E-state index contributed by atoms with van der Waals surface area (Å²) >= 11 is 0. The maximum absolute atomic E-state index is 11.0.